The number of hydrogen-bond donors (Lipinski definition) is 2. The van der Waals surface area contributed by atoms with E-state index >= 15 is 0 Å². The van der Waals surface area contributed by atoms with E-state index in [4.69, 9.17) is 9.47 Å². The maximum Gasteiger partial charge on any atom is 0.325 e. The highest BCUT2D eigenvalue weighted by Gasteiger charge is 2.50. The highest BCUT2D eigenvalue weighted by atomic mass is 32.1. The van der Waals surface area contributed by atoms with Crippen molar-refractivity contribution < 1.29 is 23.9 Å². The molecule has 5 rings (SSSR count). The molecule has 168 valence electrons. The highest BCUT2D eigenvalue weighted by Crippen LogP contribution is 2.37. The second kappa shape index (κ2) is 8.25. The average molecular weight is 464 g/mol. The van der Waals surface area contributed by atoms with Crippen molar-refractivity contribution in [3.8, 4) is 11.5 Å². The molecule has 1 aromatic heterocycles. The molecule has 9 heteroatoms. The number of ether oxygens (including phenoxy) is 2. The lowest BCUT2D eigenvalue weighted by Gasteiger charge is -2.23. The maximum absolute atomic E-state index is 13.3. The van der Waals surface area contributed by atoms with Crippen molar-refractivity contribution in [3.63, 3.8) is 0 Å². The second-order valence-corrected chi connectivity index (χ2v) is 8.92. The molecule has 1 fully saturated rings. The van der Waals surface area contributed by atoms with E-state index in [1.807, 2.05) is 47.8 Å². The Labute approximate surface area is 194 Å². The molecule has 3 aromatic rings. The van der Waals surface area contributed by atoms with Crippen LogP contribution in [0.2, 0.25) is 0 Å². The standard InChI is InChI=1S/C24H21N3O5S/c1-24(16-9-10-17-18(12-16)32-14-31-17)22(29)27(23(30)26-24)13-20(28)25-21(19-8-5-11-33-19)15-6-3-2-4-7-15/h2-12,21H,13-14H2,1H3,(H,25,28)(H,26,30). The van der Waals surface area contributed by atoms with Gasteiger partial charge in [0.05, 0.1) is 6.04 Å². The number of imide groups is 1. The highest BCUT2D eigenvalue weighted by molar-refractivity contribution is 7.10. The van der Waals surface area contributed by atoms with Crippen LogP contribution in [0.1, 0.15) is 29.0 Å². The molecule has 4 amide bonds. The Hall–Kier alpha value is -3.85. The van der Waals surface area contributed by atoms with Gasteiger partial charge >= 0.3 is 6.03 Å². The van der Waals surface area contributed by atoms with Gasteiger partial charge in [-0.25, -0.2) is 4.79 Å². The number of urea groups is 1. The predicted molar refractivity (Wildman–Crippen MR) is 121 cm³/mol. The van der Waals surface area contributed by atoms with E-state index in [9.17, 15) is 14.4 Å². The van der Waals surface area contributed by atoms with Gasteiger partial charge in [-0.1, -0.05) is 42.5 Å². The van der Waals surface area contributed by atoms with Crippen LogP contribution in [0.25, 0.3) is 0 Å². The Morgan fingerprint density at radius 2 is 1.91 bits per heavy atom. The number of fused-ring (bicyclic) bond motifs is 1. The minimum absolute atomic E-state index is 0.106. The SMILES string of the molecule is CC1(c2ccc3c(c2)OCO3)NC(=O)N(CC(=O)NC(c2ccccc2)c2cccs2)C1=O. The molecule has 0 bridgehead atoms. The lowest BCUT2D eigenvalue weighted by atomic mass is 9.91. The number of benzene rings is 2. The Kier molecular flexibility index (Phi) is 5.26. The summed E-state index contributed by atoms with van der Waals surface area (Å²) in [5.74, 6) is 0.147. The van der Waals surface area contributed by atoms with E-state index in [2.05, 4.69) is 10.6 Å². The second-order valence-electron chi connectivity index (χ2n) is 7.94. The fourth-order valence-electron chi connectivity index (χ4n) is 4.01. The first-order chi connectivity index (χ1) is 16.0. The van der Waals surface area contributed by atoms with Gasteiger partial charge in [-0.15, -0.1) is 11.3 Å². The van der Waals surface area contributed by atoms with Crippen LogP contribution in [0, 0.1) is 0 Å². The molecular weight excluding hydrogens is 442 g/mol. The van der Waals surface area contributed by atoms with Crippen molar-refractivity contribution in [1.29, 1.82) is 0 Å². The van der Waals surface area contributed by atoms with Crippen LogP contribution in [0.4, 0.5) is 4.79 Å². The zero-order chi connectivity index (χ0) is 23.0. The minimum atomic E-state index is -1.31. The molecule has 2 aliphatic rings. The third-order valence-corrected chi connectivity index (χ3v) is 6.73. The van der Waals surface area contributed by atoms with E-state index in [1.54, 1.807) is 25.1 Å². The summed E-state index contributed by atoms with van der Waals surface area (Å²) in [4.78, 5) is 40.8. The van der Waals surface area contributed by atoms with Gasteiger partial charge in [0.25, 0.3) is 5.91 Å². The lowest BCUT2D eigenvalue weighted by molar-refractivity contribution is -0.135. The molecule has 0 radical (unpaired) electrons. The summed E-state index contributed by atoms with van der Waals surface area (Å²) in [6.45, 7) is 1.33. The maximum atomic E-state index is 13.3. The molecule has 2 atom stereocenters. The normalized spacial score (nSPS) is 20.0. The summed E-state index contributed by atoms with van der Waals surface area (Å²) in [6, 6.07) is 17.5. The van der Waals surface area contributed by atoms with Crippen molar-refractivity contribution in [3.05, 3.63) is 82.0 Å². The third kappa shape index (κ3) is 3.80. The van der Waals surface area contributed by atoms with Crippen molar-refractivity contribution in [1.82, 2.24) is 15.5 Å². The Morgan fingerprint density at radius 3 is 2.67 bits per heavy atom. The number of nitrogens with zero attached hydrogens (tertiary/aromatic N) is 1. The van der Waals surface area contributed by atoms with Crippen LogP contribution in [-0.2, 0) is 15.1 Å². The van der Waals surface area contributed by atoms with Gasteiger partial charge in [-0.05, 0) is 41.6 Å². The van der Waals surface area contributed by atoms with Gasteiger partial charge in [-0.3, -0.25) is 14.5 Å². The summed E-state index contributed by atoms with van der Waals surface area (Å²) in [6.07, 6.45) is 0. The van der Waals surface area contributed by atoms with E-state index in [1.165, 1.54) is 11.3 Å². The minimum Gasteiger partial charge on any atom is -0.454 e. The van der Waals surface area contributed by atoms with E-state index in [0.717, 1.165) is 15.3 Å². The molecular formula is C24H21N3O5S. The molecule has 2 unspecified atom stereocenters. The topological polar surface area (TPSA) is 97.0 Å². The van der Waals surface area contributed by atoms with Crippen LogP contribution >= 0.6 is 11.3 Å². The Morgan fingerprint density at radius 1 is 1.12 bits per heavy atom. The van der Waals surface area contributed by atoms with E-state index in [0.29, 0.717) is 17.1 Å². The van der Waals surface area contributed by atoms with Crippen LogP contribution < -0.4 is 20.1 Å². The first-order valence-corrected chi connectivity index (χ1v) is 11.3. The van der Waals surface area contributed by atoms with E-state index in [-0.39, 0.29) is 19.4 Å². The Bertz CT molecular complexity index is 1210. The van der Waals surface area contributed by atoms with Crippen molar-refractivity contribution in [2.24, 2.45) is 0 Å². The number of thiophene rings is 1. The molecule has 8 nitrogen and oxygen atoms in total. The van der Waals surface area contributed by atoms with Gasteiger partial charge < -0.3 is 20.1 Å². The number of rotatable bonds is 6. The predicted octanol–water partition coefficient (Wildman–Crippen LogP) is 3.15. The van der Waals surface area contributed by atoms with Crippen molar-refractivity contribution in [2.75, 3.05) is 13.3 Å². The average Bonchev–Trinajstić information content (AvgIpc) is 3.56. The molecule has 2 aromatic carbocycles. The summed E-state index contributed by atoms with van der Waals surface area (Å²) in [5, 5.41) is 7.62. The molecule has 3 heterocycles. The van der Waals surface area contributed by atoms with Gasteiger partial charge in [0, 0.05) is 4.88 Å². The summed E-state index contributed by atoms with van der Waals surface area (Å²) >= 11 is 1.52. The van der Waals surface area contributed by atoms with Crippen LogP contribution in [0.15, 0.2) is 66.0 Å². The van der Waals surface area contributed by atoms with Crippen LogP contribution in [-0.4, -0.2) is 36.1 Å². The largest absolute Gasteiger partial charge is 0.454 e. The smallest absolute Gasteiger partial charge is 0.325 e. The third-order valence-electron chi connectivity index (χ3n) is 5.79. The zero-order valence-electron chi connectivity index (χ0n) is 17.7. The monoisotopic (exact) mass is 463 g/mol. The van der Waals surface area contributed by atoms with Crippen molar-refractivity contribution >= 4 is 29.2 Å². The molecule has 2 aliphatic heterocycles. The first-order valence-electron chi connectivity index (χ1n) is 10.4. The van der Waals surface area contributed by atoms with Gasteiger partial charge in [0.1, 0.15) is 12.1 Å². The van der Waals surface area contributed by atoms with Gasteiger partial charge in [0.15, 0.2) is 11.5 Å². The lowest BCUT2D eigenvalue weighted by Crippen LogP contribution is -2.44. The van der Waals surface area contributed by atoms with Gasteiger partial charge in [0.2, 0.25) is 12.7 Å². The Balaban J connectivity index is 1.34. The summed E-state index contributed by atoms with van der Waals surface area (Å²) in [5.41, 5.74) is 0.148. The molecule has 1 saturated heterocycles. The molecule has 2 N–H and O–H groups in total. The fraction of sp³-hybridized carbons (Fsp3) is 0.208. The number of carbonyl (C=O) groups excluding carboxylic acids is 3. The number of amides is 4. The molecule has 0 spiro atoms. The number of hydrogen-bond acceptors (Lipinski definition) is 6. The summed E-state index contributed by atoms with van der Waals surface area (Å²) < 4.78 is 10.7. The van der Waals surface area contributed by atoms with Crippen LogP contribution in [0.5, 0.6) is 11.5 Å². The summed E-state index contributed by atoms with van der Waals surface area (Å²) in [7, 11) is 0. The van der Waals surface area contributed by atoms with Crippen molar-refractivity contribution in [2.45, 2.75) is 18.5 Å². The number of carbonyl (C=O) groups is 3. The molecule has 0 saturated carbocycles. The van der Waals surface area contributed by atoms with Gasteiger partial charge in [-0.2, -0.15) is 0 Å². The first kappa shape index (κ1) is 21.0. The molecule has 0 aliphatic carbocycles. The fourth-order valence-corrected chi connectivity index (χ4v) is 4.82. The quantitative estimate of drug-likeness (QED) is 0.548. The number of nitrogens with one attached hydrogen (secondary N) is 2. The van der Waals surface area contributed by atoms with E-state index < -0.39 is 23.4 Å². The zero-order valence-corrected chi connectivity index (χ0v) is 18.6. The van der Waals surface area contributed by atoms with Crippen LogP contribution in [0.3, 0.4) is 0 Å². The molecule has 33 heavy (non-hydrogen) atoms.